The van der Waals surface area contributed by atoms with Gasteiger partial charge in [0.25, 0.3) is 5.69 Å². The molecule has 0 saturated heterocycles. The molecule has 0 atom stereocenters. The third-order valence-corrected chi connectivity index (χ3v) is 3.20. The molecule has 20 heavy (non-hydrogen) atoms. The minimum atomic E-state index is -0.520. The van der Waals surface area contributed by atoms with Crippen molar-refractivity contribution in [2.45, 2.75) is 6.54 Å². The Balaban J connectivity index is 2.22. The first-order chi connectivity index (χ1) is 9.47. The molecule has 0 amide bonds. The number of nitro groups is 1. The molecule has 0 unspecified atom stereocenters. The number of anilines is 1. The van der Waals surface area contributed by atoms with E-state index in [0.717, 1.165) is 5.56 Å². The van der Waals surface area contributed by atoms with Crippen LogP contribution in [-0.4, -0.2) is 12.0 Å². The third-order valence-electron chi connectivity index (χ3n) is 2.88. The number of rotatable bonds is 4. The number of halogens is 2. The van der Waals surface area contributed by atoms with Crippen LogP contribution in [0.15, 0.2) is 42.5 Å². The summed E-state index contributed by atoms with van der Waals surface area (Å²) in [4.78, 5) is 12.1. The molecule has 2 aromatic rings. The molecule has 0 heterocycles. The quantitative estimate of drug-likeness (QED) is 0.632. The van der Waals surface area contributed by atoms with E-state index in [9.17, 15) is 14.5 Å². The van der Waals surface area contributed by atoms with Gasteiger partial charge in [-0.1, -0.05) is 23.7 Å². The van der Waals surface area contributed by atoms with Crippen molar-refractivity contribution >= 4 is 23.0 Å². The number of benzene rings is 2. The zero-order chi connectivity index (χ0) is 14.7. The van der Waals surface area contributed by atoms with Crippen molar-refractivity contribution in [2.24, 2.45) is 0 Å². The van der Waals surface area contributed by atoms with Crippen molar-refractivity contribution in [1.82, 2.24) is 0 Å². The second kappa shape index (κ2) is 5.88. The lowest BCUT2D eigenvalue weighted by molar-refractivity contribution is -0.384. The summed E-state index contributed by atoms with van der Waals surface area (Å²) < 4.78 is 13.2. The lowest BCUT2D eigenvalue weighted by atomic mass is 10.2. The zero-order valence-electron chi connectivity index (χ0n) is 10.7. The second-order valence-corrected chi connectivity index (χ2v) is 4.79. The van der Waals surface area contributed by atoms with Crippen LogP contribution < -0.4 is 4.90 Å². The van der Waals surface area contributed by atoms with Crippen molar-refractivity contribution in [3.05, 3.63) is 69.0 Å². The van der Waals surface area contributed by atoms with Gasteiger partial charge in [-0.05, 0) is 29.8 Å². The average molecular weight is 295 g/mol. The molecular formula is C14H12ClFN2O2. The normalized spacial score (nSPS) is 10.3. The summed E-state index contributed by atoms with van der Waals surface area (Å²) >= 11 is 5.76. The molecular weight excluding hydrogens is 283 g/mol. The number of nitrogens with zero attached hydrogens (tertiary/aromatic N) is 2. The predicted molar refractivity (Wildman–Crippen MR) is 76.6 cm³/mol. The fourth-order valence-corrected chi connectivity index (χ4v) is 2.06. The van der Waals surface area contributed by atoms with Gasteiger partial charge in [-0.25, -0.2) is 4.39 Å². The van der Waals surface area contributed by atoms with Crippen LogP contribution in [0, 0.1) is 15.9 Å². The smallest absolute Gasteiger partial charge is 0.288 e. The maximum atomic E-state index is 13.2. The van der Waals surface area contributed by atoms with Gasteiger partial charge in [0, 0.05) is 25.3 Å². The maximum Gasteiger partial charge on any atom is 0.288 e. The minimum absolute atomic E-state index is 0.104. The summed E-state index contributed by atoms with van der Waals surface area (Å²) in [6.07, 6.45) is 0. The highest BCUT2D eigenvalue weighted by molar-refractivity contribution is 6.32. The van der Waals surface area contributed by atoms with Gasteiger partial charge in [0.15, 0.2) is 0 Å². The SMILES string of the molecule is CN(Cc1ccc(Cl)c([N+](=O)[O-])c1)c1cccc(F)c1. The minimum Gasteiger partial charge on any atom is -0.370 e. The first kappa shape index (κ1) is 14.3. The van der Waals surface area contributed by atoms with Crippen molar-refractivity contribution in [2.75, 3.05) is 11.9 Å². The number of hydrogen-bond acceptors (Lipinski definition) is 3. The highest BCUT2D eigenvalue weighted by Crippen LogP contribution is 2.26. The summed E-state index contributed by atoms with van der Waals surface area (Å²) in [6.45, 7) is 0.418. The van der Waals surface area contributed by atoms with Gasteiger partial charge in [0.1, 0.15) is 10.8 Å². The Hall–Kier alpha value is -2.14. The molecule has 2 aromatic carbocycles. The van der Waals surface area contributed by atoms with Gasteiger partial charge in [-0.3, -0.25) is 10.1 Å². The molecule has 2 rings (SSSR count). The number of hydrogen-bond donors (Lipinski definition) is 0. The molecule has 0 aliphatic carbocycles. The zero-order valence-corrected chi connectivity index (χ0v) is 11.5. The first-order valence-electron chi connectivity index (χ1n) is 5.87. The summed E-state index contributed by atoms with van der Waals surface area (Å²) in [7, 11) is 1.79. The van der Waals surface area contributed by atoms with Crippen LogP contribution in [0.4, 0.5) is 15.8 Å². The lowest BCUT2D eigenvalue weighted by Gasteiger charge is -2.19. The van der Waals surface area contributed by atoms with E-state index in [2.05, 4.69) is 0 Å². The second-order valence-electron chi connectivity index (χ2n) is 4.38. The predicted octanol–water partition coefficient (Wildman–Crippen LogP) is 4.02. The van der Waals surface area contributed by atoms with Crippen LogP contribution in [0.2, 0.25) is 5.02 Å². The van der Waals surface area contributed by atoms with Gasteiger partial charge in [0.2, 0.25) is 0 Å². The molecule has 0 saturated carbocycles. The van der Waals surface area contributed by atoms with E-state index in [-0.39, 0.29) is 16.5 Å². The highest BCUT2D eigenvalue weighted by Gasteiger charge is 2.13. The van der Waals surface area contributed by atoms with Gasteiger partial charge < -0.3 is 4.90 Å². The monoisotopic (exact) mass is 294 g/mol. The van der Waals surface area contributed by atoms with Crippen molar-refractivity contribution in [3.8, 4) is 0 Å². The van der Waals surface area contributed by atoms with Gasteiger partial charge in [0.05, 0.1) is 4.92 Å². The van der Waals surface area contributed by atoms with Crippen LogP contribution in [0.3, 0.4) is 0 Å². The lowest BCUT2D eigenvalue weighted by Crippen LogP contribution is -2.16. The Morgan fingerprint density at radius 3 is 2.70 bits per heavy atom. The Morgan fingerprint density at radius 1 is 1.30 bits per heavy atom. The van der Waals surface area contributed by atoms with E-state index in [0.29, 0.717) is 12.2 Å². The van der Waals surface area contributed by atoms with Gasteiger partial charge >= 0.3 is 0 Å². The largest absolute Gasteiger partial charge is 0.370 e. The van der Waals surface area contributed by atoms with E-state index in [1.54, 1.807) is 30.1 Å². The fourth-order valence-electron chi connectivity index (χ4n) is 1.88. The Labute approximate surface area is 120 Å². The van der Waals surface area contributed by atoms with Crippen LogP contribution in [0.5, 0.6) is 0 Å². The van der Waals surface area contributed by atoms with Crippen LogP contribution in [0.25, 0.3) is 0 Å². The molecule has 0 spiro atoms. The summed E-state index contributed by atoms with van der Waals surface area (Å²) in [5.74, 6) is -0.323. The van der Waals surface area contributed by atoms with E-state index in [4.69, 9.17) is 11.6 Å². The molecule has 4 nitrogen and oxygen atoms in total. The molecule has 0 aromatic heterocycles. The van der Waals surface area contributed by atoms with Gasteiger partial charge in [-0.2, -0.15) is 0 Å². The third kappa shape index (κ3) is 3.24. The van der Waals surface area contributed by atoms with Gasteiger partial charge in [-0.15, -0.1) is 0 Å². The van der Waals surface area contributed by atoms with Crippen molar-refractivity contribution in [3.63, 3.8) is 0 Å². The first-order valence-corrected chi connectivity index (χ1v) is 6.24. The highest BCUT2D eigenvalue weighted by atomic mass is 35.5. The molecule has 0 aliphatic rings. The summed E-state index contributed by atoms with van der Waals surface area (Å²) in [6, 6.07) is 10.8. The van der Waals surface area contributed by atoms with E-state index in [1.807, 2.05) is 0 Å². The molecule has 0 bridgehead atoms. The average Bonchev–Trinajstić information content (AvgIpc) is 2.40. The molecule has 0 aliphatic heterocycles. The Morgan fingerprint density at radius 2 is 2.05 bits per heavy atom. The van der Waals surface area contributed by atoms with E-state index in [1.165, 1.54) is 24.3 Å². The molecule has 104 valence electrons. The van der Waals surface area contributed by atoms with Crippen LogP contribution in [0.1, 0.15) is 5.56 Å². The fraction of sp³-hybridized carbons (Fsp3) is 0.143. The summed E-state index contributed by atoms with van der Waals surface area (Å²) in [5.41, 5.74) is 1.30. The van der Waals surface area contributed by atoms with Crippen LogP contribution in [-0.2, 0) is 6.54 Å². The standard InChI is InChI=1S/C14H12ClFN2O2/c1-17(12-4-2-3-11(16)8-12)9-10-5-6-13(15)14(7-10)18(19)20/h2-8H,9H2,1H3. The van der Waals surface area contributed by atoms with Crippen molar-refractivity contribution in [1.29, 1.82) is 0 Å². The van der Waals surface area contributed by atoms with Crippen LogP contribution >= 0.6 is 11.6 Å². The van der Waals surface area contributed by atoms with Crippen molar-refractivity contribution < 1.29 is 9.31 Å². The Kier molecular flexibility index (Phi) is 4.20. The van der Waals surface area contributed by atoms with E-state index >= 15 is 0 Å². The number of nitro benzene ring substituents is 1. The molecule has 0 fully saturated rings. The summed E-state index contributed by atoms with van der Waals surface area (Å²) in [5, 5.41) is 10.9. The van der Waals surface area contributed by atoms with E-state index < -0.39 is 4.92 Å². The topological polar surface area (TPSA) is 46.4 Å². The Bertz CT molecular complexity index is 649. The maximum absolute atomic E-state index is 13.2. The molecule has 0 N–H and O–H groups in total. The molecule has 6 heteroatoms. The molecule has 0 radical (unpaired) electrons.